The molecule has 1 aromatic carbocycles. The fraction of sp³-hybridized carbons (Fsp3) is 0.471. The Morgan fingerprint density at radius 1 is 1.30 bits per heavy atom. The highest BCUT2D eigenvalue weighted by atomic mass is 16.1. The van der Waals surface area contributed by atoms with Crippen molar-refractivity contribution in [2.24, 2.45) is 5.92 Å². The van der Waals surface area contributed by atoms with Gasteiger partial charge in [0.05, 0.1) is 0 Å². The van der Waals surface area contributed by atoms with E-state index in [4.69, 9.17) is 0 Å². The number of hydrogen-bond acceptors (Lipinski definition) is 5. The van der Waals surface area contributed by atoms with Gasteiger partial charge in [0.15, 0.2) is 0 Å². The van der Waals surface area contributed by atoms with Crippen molar-refractivity contribution < 1.29 is 0 Å². The molecule has 2 heterocycles. The Morgan fingerprint density at radius 2 is 2.09 bits per heavy atom. The largest absolute Gasteiger partial charge is 0.324 e. The van der Waals surface area contributed by atoms with Gasteiger partial charge in [0.1, 0.15) is 5.69 Å². The van der Waals surface area contributed by atoms with Crippen LogP contribution in [0.4, 0.5) is 11.6 Å². The molecule has 1 unspecified atom stereocenters. The second-order valence-corrected chi connectivity index (χ2v) is 6.39. The summed E-state index contributed by atoms with van der Waals surface area (Å²) in [4.78, 5) is 16.7. The zero-order valence-corrected chi connectivity index (χ0v) is 13.7. The third-order valence-electron chi connectivity index (χ3n) is 4.22. The molecular formula is C17H23N5O. The van der Waals surface area contributed by atoms with Gasteiger partial charge >= 0.3 is 0 Å². The first-order valence-corrected chi connectivity index (χ1v) is 8.12. The van der Waals surface area contributed by atoms with Crippen LogP contribution in [0.2, 0.25) is 0 Å². The molecule has 6 nitrogen and oxygen atoms in total. The molecular weight excluding hydrogens is 290 g/mol. The lowest BCUT2D eigenvalue weighted by Crippen LogP contribution is -2.33. The lowest BCUT2D eigenvalue weighted by atomic mass is 10.00. The van der Waals surface area contributed by atoms with Crippen LogP contribution in [-0.2, 0) is 6.54 Å². The van der Waals surface area contributed by atoms with Crippen LogP contribution < -0.4 is 10.9 Å². The number of aromatic amines is 1. The van der Waals surface area contributed by atoms with E-state index in [-0.39, 0.29) is 5.56 Å². The summed E-state index contributed by atoms with van der Waals surface area (Å²) in [6.45, 7) is 7.31. The number of hydrogen-bond donors (Lipinski definition) is 2. The molecule has 3 rings (SSSR count). The number of likely N-dealkylation sites (tertiary alicyclic amines) is 1. The molecule has 0 amide bonds. The minimum atomic E-state index is -0.224. The van der Waals surface area contributed by atoms with Crippen LogP contribution in [0.1, 0.15) is 31.0 Å². The Morgan fingerprint density at radius 3 is 2.78 bits per heavy atom. The molecule has 122 valence electrons. The second kappa shape index (κ2) is 6.91. The van der Waals surface area contributed by atoms with Crippen molar-refractivity contribution in [2.75, 3.05) is 18.4 Å². The van der Waals surface area contributed by atoms with E-state index in [9.17, 15) is 4.79 Å². The monoisotopic (exact) mass is 313 g/mol. The van der Waals surface area contributed by atoms with Gasteiger partial charge in [-0.3, -0.25) is 14.7 Å². The smallest absolute Gasteiger partial charge is 0.273 e. The highest BCUT2D eigenvalue weighted by Crippen LogP contribution is 2.19. The second-order valence-electron chi connectivity index (χ2n) is 6.39. The summed E-state index contributed by atoms with van der Waals surface area (Å²) in [6, 6.07) is 8.23. The van der Waals surface area contributed by atoms with Crippen molar-refractivity contribution >= 4 is 11.6 Å². The first-order chi connectivity index (χ1) is 11.1. The predicted molar refractivity (Wildman–Crippen MR) is 90.8 cm³/mol. The lowest BCUT2D eigenvalue weighted by molar-refractivity contribution is 0.176. The van der Waals surface area contributed by atoms with Gasteiger partial charge in [-0.15, -0.1) is 10.2 Å². The molecule has 0 saturated carbocycles. The highest BCUT2D eigenvalue weighted by molar-refractivity contribution is 5.53. The third-order valence-corrected chi connectivity index (χ3v) is 4.22. The van der Waals surface area contributed by atoms with Crippen molar-refractivity contribution in [1.29, 1.82) is 0 Å². The summed E-state index contributed by atoms with van der Waals surface area (Å²) in [6.07, 6.45) is 2.63. The standard InChI is InChI=1S/C17H23N5O/c1-12-4-3-9-22(10-12)11-14-5-7-15(8-6-14)18-17-19-16(23)13(2)20-21-17/h5-8,12H,3-4,9-11H2,1-2H3,(H2,18,19,21,23). The summed E-state index contributed by atoms with van der Waals surface area (Å²) in [7, 11) is 0. The molecule has 0 aliphatic carbocycles. The molecule has 2 aromatic rings. The van der Waals surface area contributed by atoms with Crippen LogP contribution in [-0.4, -0.2) is 33.2 Å². The fourth-order valence-corrected chi connectivity index (χ4v) is 2.97. The molecule has 1 aliphatic heterocycles. The van der Waals surface area contributed by atoms with Crippen LogP contribution >= 0.6 is 0 Å². The number of piperidine rings is 1. The van der Waals surface area contributed by atoms with Gasteiger partial charge in [0, 0.05) is 18.8 Å². The van der Waals surface area contributed by atoms with Gasteiger partial charge in [-0.05, 0) is 49.9 Å². The van der Waals surface area contributed by atoms with Crippen molar-refractivity contribution in [3.63, 3.8) is 0 Å². The number of nitrogens with zero attached hydrogens (tertiary/aromatic N) is 3. The average molecular weight is 313 g/mol. The zero-order valence-electron chi connectivity index (χ0n) is 13.7. The van der Waals surface area contributed by atoms with Crippen LogP contribution in [0.5, 0.6) is 0 Å². The molecule has 1 atom stereocenters. The Hall–Kier alpha value is -2.21. The highest BCUT2D eigenvalue weighted by Gasteiger charge is 2.16. The van der Waals surface area contributed by atoms with E-state index in [0.29, 0.717) is 11.6 Å². The maximum Gasteiger partial charge on any atom is 0.273 e. The number of benzene rings is 1. The molecule has 1 fully saturated rings. The summed E-state index contributed by atoms with van der Waals surface area (Å²) < 4.78 is 0. The molecule has 1 aliphatic rings. The Labute approximate surface area is 136 Å². The van der Waals surface area contributed by atoms with Gasteiger partial charge in [-0.2, -0.15) is 0 Å². The molecule has 2 N–H and O–H groups in total. The average Bonchev–Trinajstić information content (AvgIpc) is 2.53. The van der Waals surface area contributed by atoms with Crippen LogP contribution in [0, 0.1) is 12.8 Å². The van der Waals surface area contributed by atoms with Crippen LogP contribution in [0.15, 0.2) is 29.1 Å². The quantitative estimate of drug-likeness (QED) is 0.907. The first-order valence-electron chi connectivity index (χ1n) is 8.12. The molecule has 6 heteroatoms. The van der Waals surface area contributed by atoms with Gasteiger partial charge in [0.2, 0.25) is 5.95 Å². The summed E-state index contributed by atoms with van der Waals surface area (Å²) in [5.41, 5.74) is 2.32. The van der Waals surface area contributed by atoms with E-state index >= 15 is 0 Å². The number of rotatable bonds is 4. The van der Waals surface area contributed by atoms with E-state index in [1.54, 1.807) is 6.92 Å². The van der Waals surface area contributed by atoms with Crippen molar-refractivity contribution in [2.45, 2.75) is 33.2 Å². The molecule has 0 bridgehead atoms. The normalized spacial score (nSPS) is 18.8. The lowest BCUT2D eigenvalue weighted by Gasteiger charge is -2.30. The fourth-order valence-electron chi connectivity index (χ4n) is 2.97. The van der Waals surface area contributed by atoms with Gasteiger partial charge < -0.3 is 5.32 Å². The van der Waals surface area contributed by atoms with E-state index in [1.807, 2.05) is 12.1 Å². The van der Waals surface area contributed by atoms with E-state index < -0.39 is 0 Å². The summed E-state index contributed by atoms with van der Waals surface area (Å²) >= 11 is 0. The number of aryl methyl sites for hydroxylation is 1. The Balaban J connectivity index is 1.62. The minimum absolute atomic E-state index is 0.224. The van der Waals surface area contributed by atoms with Crippen molar-refractivity contribution in [3.05, 3.63) is 45.9 Å². The molecule has 0 spiro atoms. The number of anilines is 2. The summed E-state index contributed by atoms with van der Waals surface area (Å²) in [5.74, 6) is 1.15. The van der Waals surface area contributed by atoms with Crippen LogP contribution in [0.25, 0.3) is 0 Å². The number of nitrogens with one attached hydrogen (secondary N) is 2. The first kappa shape index (κ1) is 15.7. The van der Waals surface area contributed by atoms with E-state index in [2.05, 4.69) is 44.5 Å². The van der Waals surface area contributed by atoms with Crippen LogP contribution in [0.3, 0.4) is 0 Å². The Bertz CT molecular complexity index is 710. The minimum Gasteiger partial charge on any atom is -0.324 e. The maximum absolute atomic E-state index is 11.5. The molecule has 23 heavy (non-hydrogen) atoms. The van der Waals surface area contributed by atoms with Crippen molar-refractivity contribution in [3.8, 4) is 0 Å². The molecule has 0 radical (unpaired) electrons. The van der Waals surface area contributed by atoms with Gasteiger partial charge in [-0.25, -0.2) is 0 Å². The molecule has 1 aromatic heterocycles. The topological polar surface area (TPSA) is 73.9 Å². The predicted octanol–water partition coefficient (Wildman–Crippen LogP) is 2.45. The summed E-state index contributed by atoms with van der Waals surface area (Å²) in [5, 5.41) is 10.8. The zero-order chi connectivity index (χ0) is 16.2. The van der Waals surface area contributed by atoms with Crippen molar-refractivity contribution in [1.82, 2.24) is 20.1 Å². The maximum atomic E-state index is 11.5. The van der Waals surface area contributed by atoms with E-state index in [1.165, 1.54) is 31.5 Å². The van der Waals surface area contributed by atoms with Gasteiger partial charge in [-0.1, -0.05) is 19.1 Å². The Kier molecular flexibility index (Phi) is 4.71. The number of H-pyrrole nitrogens is 1. The number of aromatic nitrogens is 3. The van der Waals surface area contributed by atoms with Gasteiger partial charge in [0.25, 0.3) is 5.56 Å². The third kappa shape index (κ3) is 4.16. The SMILES string of the molecule is Cc1nnc(Nc2ccc(CN3CCCC(C)C3)cc2)[nH]c1=O. The van der Waals surface area contributed by atoms with E-state index in [0.717, 1.165) is 18.2 Å². The molecule has 1 saturated heterocycles.